The molecule has 0 saturated heterocycles. The Bertz CT molecular complexity index is 523. The molecular formula is C16H19ClN2. The van der Waals surface area contributed by atoms with E-state index >= 15 is 0 Å². The van der Waals surface area contributed by atoms with Crippen LogP contribution in [0.2, 0.25) is 5.02 Å². The van der Waals surface area contributed by atoms with Gasteiger partial charge in [0.1, 0.15) is 0 Å². The van der Waals surface area contributed by atoms with Crippen LogP contribution in [0.1, 0.15) is 36.3 Å². The highest BCUT2D eigenvalue weighted by Crippen LogP contribution is 2.22. The Balaban J connectivity index is 2.32. The minimum Gasteiger partial charge on any atom is -0.305 e. The predicted molar refractivity (Wildman–Crippen MR) is 80.6 cm³/mol. The second kappa shape index (κ2) is 6.69. The number of hydrogen-bond acceptors (Lipinski definition) is 2. The lowest BCUT2D eigenvalue weighted by Gasteiger charge is -2.19. The van der Waals surface area contributed by atoms with Crippen LogP contribution < -0.4 is 5.32 Å². The number of rotatable bonds is 5. The summed E-state index contributed by atoms with van der Waals surface area (Å²) in [5, 5.41) is 4.30. The lowest BCUT2D eigenvalue weighted by atomic mass is 10.0. The molecule has 0 bridgehead atoms. The molecule has 2 aromatic rings. The zero-order chi connectivity index (χ0) is 13.7. The highest BCUT2D eigenvalue weighted by Gasteiger charge is 2.14. The third kappa shape index (κ3) is 3.79. The Morgan fingerprint density at radius 3 is 2.53 bits per heavy atom. The Morgan fingerprint density at radius 1 is 1.16 bits per heavy atom. The first-order chi connectivity index (χ1) is 9.20. The quantitative estimate of drug-likeness (QED) is 0.887. The lowest BCUT2D eigenvalue weighted by Crippen LogP contribution is -2.24. The number of benzene rings is 1. The number of halogens is 1. The van der Waals surface area contributed by atoms with Crippen LogP contribution >= 0.6 is 11.6 Å². The van der Waals surface area contributed by atoms with Gasteiger partial charge < -0.3 is 5.32 Å². The molecule has 1 aromatic carbocycles. The van der Waals surface area contributed by atoms with E-state index in [0.29, 0.717) is 0 Å². The molecule has 0 spiro atoms. The van der Waals surface area contributed by atoms with Crippen LogP contribution in [0.3, 0.4) is 0 Å². The smallest absolute Gasteiger partial charge is 0.0751 e. The molecule has 3 heteroatoms. The van der Waals surface area contributed by atoms with Crippen LogP contribution in [-0.4, -0.2) is 11.5 Å². The molecule has 1 atom stereocenters. The van der Waals surface area contributed by atoms with Gasteiger partial charge in [0.2, 0.25) is 0 Å². The zero-order valence-corrected chi connectivity index (χ0v) is 12.1. The molecule has 0 radical (unpaired) electrons. The van der Waals surface area contributed by atoms with E-state index in [1.54, 1.807) is 0 Å². The summed E-state index contributed by atoms with van der Waals surface area (Å²) < 4.78 is 0. The van der Waals surface area contributed by atoms with E-state index in [2.05, 4.69) is 35.4 Å². The number of nitrogens with zero attached hydrogens (tertiary/aromatic N) is 1. The van der Waals surface area contributed by atoms with Crippen LogP contribution in [0.15, 0.2) is 42.5 Å². The minimum absolute atomic E-state index is 0.122. The summed E-state index contributed by atoms with van der Waals surface area (Å²) in [4.78, 5) is 4.63. The van der Waals surface area contributed by atoms with Crippen LogP contribution in [0.4, 0.5) is 0 Å². The summed E-state index contributed by atoms with van der Waals surface area (Å²) in [5.74, 6) is 0. The third-order valence-electron chi connectivity index (χ3n) is 3.01. The maximum absolute atomic E-state index is 5.96. The largest absolute Gasteiger partial charge is 0.305 e. The Morgan fingerprint density at radius 2 is 1.89 bits per heavy atom. The van der Waals surface area contributed by atoms with E-state index < -0.39 is 0 Å². The maximum Gasteiger partial charge on any atom is 0.0751 e. The molecule has 0 aliphatic heterocycles. The van der Waals surface area contributed by atoms with E-state index in [4.69, 9.17) is 11.6 Å². The summed E-state index contributed by atoms with van der Waals surface area (Å²) in [7, 11) is 0. The molecule has 2 nitrogen and oxygen atoms in total. The standard InChI is InChI=1S/C16H19ClN2/c1-3-11-18-16(13-7-9-14(17)10-8-13)15-6-4-5-12(2)19-15/h4-10,16,18H,3,11H2,1-2H3. The minimum atomic E-state index is 0.122. The Labute approximate surface area is 119 Å². The Kier molecular flexibility index (Phi) is 4.94. The third-order valence-corrected chi connectivity index (χ3v) is 3.26. The van der Waals surface area contributed by atoms with Crippen molar-refractivity contribution in [1.29, 1.82) is 0 Å². The molecule has 1 heterocycles. The first-order valence-corrected chi connectivity index (χ1v) is 7.01. The van der Waals surface area contributed by atoms with Crippen LogP contribution in [0.25, 0.3) is 0 Å². The topological polar surface area (TPSA) is 24.9 Å². The van der Waals surface area contributed by atoms with E-state index in [1.807, 2.05) is 31.2 Å². The van der Waals surface area contributed by atoms with Gasteiger partial charge >= 0.3 is 0 Å². The van der Waals surface area contributed by atoms with Crippen molar-refractivity contribution < 1.29 is 0 Å². The monoisotopic (exact) mass is 274 g/mol. The van der Waals surface area contributed by atoms with Crippen LogP contribution in [0, 0.1) is 6.92 Å². The van der Waals surface area contributed by atoms with Gasteiger partial charge in [-0.25, -0.2) is 0 Å². The number of aromatic nitrogens is 1. The Hall–Kier alpha value is -1.38. The highest BCUT2D eigenvalue weighted by molar-refractivity contribution is 6.30. The van der Waals surface area contributed by atoms with Gasteiger partial charge in [-0.3, -0.25) is 4.98 Å². The molecule has 1 N–H and O–H groups in total. The molecule has 19 heavy (non-hydrogen) atoms. The zero-order valence-electron chi connectivity index (χ0n) is 11.4. The predicted octanol–water partition coefficient (Wildman–Crippen LogP) is 4.13. The molecule has 0 saturated carbocycles. The van der Waals surface area contributed by atoms with Crippen molar-refractivity contribution in [1.82, 2.24) is 10.3 Å². The normalized spacial score (nSPS) is 12.4. The van der Waals surface area contributed by atoms with Crippen molar-refractivity contribution in [2.24, 2.45) is 0 Å². The summed E-state index contributed by atoms with van der Waals surface area (Å²) in [6, 6.07) is 14.2. The van der Waals surface area contributed by atoms with E-state index in [9.17, 15) is 0 Å². The van der Waals surface area contributed by atoms with E-state index in [0.717, 1.165) is 29.4 Å². The molecule has 1 unspecified atom stereocenters. The fourth-order valence-electron chi connectivity index (χ4n) is 2.06. The van der Waals surface area contributed by atoms with Crippen LogP contribution in [-0.2, 0) is 0 Å². The summed E-state index contributed by atoms with van der Waals surface area (Å²) in [6.45, 7) is 5.14. The summed E-state index contributed by atoms with van der Waals surface area (Å²) >= 11 is 5.96. The molecule has 0 aliphatic carbocycles. The molecule has 1 aromatic heterocycles. The van der Waals surface area contributed by atoms with Gasteiger partial charge in [-0.2, -0.15) is 0 Å². The molecule has 100 valence electrons. The first-order valence-electron chi connectivity index (χ1n) is 6.63. The maximum atomic E-state index is 5.96. The fraction of sp³-hybridized carbons (Fsp3) is 0.312. The second-order valence-electron chi connectivity index (χ2n) is 4.64. The second-order valence-corrected chi connectivity index (χ2v) is 5.08. The average Bonchev–Trinajstić information content (AvgIpc) is 2.41. The van der Waals surface area contributed by atoms with Gasteiger partial charge in [0, 0.05) is 10.7 Å². The van der Waals surface area contributed by atoms with Crippen molar-refractivity contribution in [3.8, 4) is 0 Å². The number of aryl methyl sites for hydroxylation is 1. The number of pyridine rings is 1. The van der Waals surface area contributed by atoms with Gasteiger partial charge in [-0.1, -0.05) is 36.7 Å². The van der Waals surface area contributed by atoms with E-state index in [-0.39, 0.29) is 6.04 Å². The number of nitrogens with one attached hydrogen (secondary N) is 1. The molecular weight excluding hydrogens is 256 g/mol. The number of hydrogen-bond donors (Lipinski definition) is 1. The molecule has 0 amide bonds. The van der Waals surface area contributed by atoms with Gasteiger partial charge in [0.05, 0.1) is 11.7 Å². The van der Waals surface area contributed by atoms with Gasteiger partial charge in [-0.15, -0.1) is 0 Å². The van der Waals surface area contributed by atoms with E-state index in [1.165, 1.54) is 5.56 Å². The van der Waals surface area contributed by atoms with Gasteiger partial charge in [-0.05, 0) is 49.7 Å². The van der Waals surface area contributed by atoms with Crippen molar-refractivity contribution in [3.63, 3.8) is 0 Å². The van der Waals surface area contributed by atoms with Gasteiger partial charge in [0.15, 0.2) is 0 Å². The van der Waals surface area contributed by atoms with Gasteiger partial charge in [0.25, 0.3) is 0 Å². The SMILES string of the molecule is CCCNC(c1ccc(Cl)cc1)c1cccc(C)n1. The van der Waals surface area contributed by atoms with Crippen molar-refractivity contribution in [3.05, 3.63) is 64.4 Å². The first kappa shape index (κ1) is 14.0. The average molecular weight is 275 g/mol. The molecule has 0 fully saturated rings. The summed E-state index contributed by atoms with van der Waals surface area (Å²) in [5.41, 5.74) is 3.28. The summed E-state index contributed by atoms with van der Waals surface area (Å²) in [6.07, 6.45) is 1.09. The highest BCUT2D eigenvalue weighted by atomic mass is 35.5. The van der Waals surface area contributed by atoms with Crippen molar-refractivity contribution >= 4 is 11.6 Å². The molecule has 2 rings (SSSR count). The lowest BCUT2D eigenvalue weighted by molar-refractivity contribution is 0.585. The fourth-order valence-corrected chi connectivity index (χ4v) is 2.19. The molecule has 0 aliphatic rings. The van der Waals surface area contributed by atoms with Crippen LogP contribution in [0.5, 0.6) is 0 Å². The van der Waals surface area contributed by atoms with Crippen molar-refractivity contribution in [2.45, 2.75) is 26.3 Å². The van der Waals surface area contributed by atoms with Crippen molar-refractivity contribution in [2.75, 3.05) is 6.54 Å².